The minimum absolute atomic E-state index is 0.0481. The lowest BCUT2D eigenvalue weighted by Gasteiger charge is -2.15. The molecule has 1 aliphatic heterocycles. The lowest BCUT2D eigenvalue weighted by molar-refractivity contribution is 0.0858. The third-order valence-electron chi connectivity index (χ3n) is 6.53. The lowest BCUT2D eigenvalue weighted by atomic mass is 9.95. The van der Waals surface area contributed by atoms with Crippen molar-refractivity contribution in [1.82, 2.24) is 15.3 Å². The van der Waals surface area contributed by atoms with Gasteiger partial charge in [-0.05, 0) is 56.6 Å². The van der Waals surface area contributed by atoms with Crippen molar-refractivity contribution in [3.05, 3.63) is 68.3 Å². The number of fused-ring (bicyclic) bond motifs is 1. The standard InChI is InChI=1S/C27H29ClN4O3S2/c1-16-6-4-7-17(12-16)15-36-27-30-14-20(28)23(31-27)25(34)32-26-22(19-9-2-3-10-21(19)37-26)24(33)29-13-18-8-5-11-35-18/h4,6-7,12,14,18H,2-3,5,8-11,13,15H2,1H3,(H,29,33)(H,32,34). The second-order valence-electron chi connectivity index (χ2n) is 9.34. The summed E-state index contributed by atoms with van der Waals surface area (Å²) in [5, 5.41) is 7.15. The van der Waals surface area contributed by atoms with E-state index in [1.165, 1.54) is 34.9 Å². The average Bonchev–Trinajstić information content (AvgIpc) is 3.54. The van der Waals surface area contributed by atoms with Crippen molar-refractivity contribution in [2.75, 3.05) is 18.5 Å². The molecule has 5 rings (SSSR count). The van der Waals surface area contributed by atoms with E-state index in [1.807, 2.05) is 12.1 Å². The first-order chi connectivity index (χ1) is 18.0. The highest BCUT2D eigenvalue weighted by Gasteiger charge is 2.28. The molecule has 0 spiro atoms. The molecule has 2 amide bonds. The molecule has 3 heterocycles. The summed E-state index contributed by atoms with van der Waals surface area (Å²) < 4.78 is 5.65. The number of halogens is 1. The Morgan fingerprint density at radius 1 is 1.22 bits per heavy atom. The van der Waals surface area contributed by atoms with Gasteiger partial charge in [-0.2, -0.15) is 0 Å². The van der Waals surface area contributed by atoms with Crippen molar-refractivity contribution < 1.29 is 14.3 Å². The zero-order chi connectivity index (χ0) is 25.8. The molecule has 1 aromatic carbocycles. The Labute approximate surface area is 229 Å². The van der Waals surface area contributed by atoms with Crippen LogP contribution in [0.25, 0.3) is 0 Å². The Morgan fingerprint density at radius 2 is 2.08 bits per heavy atom. The second-order valence-corrected chi connectivity index (χ2v) is 11.8. The number of nitrogens with zero attached hydrogens (tertiary/aromatic N) is 2. The van der Waals surface area contributed by atoms with Gasteiger partial charge in [-0.25, -0.2) is 9.97 Å². The van der Waals surface area contributed by atoms with E-state index in [9.17, 15) is 9.59 Å². The fourth-order valence-electron chi connectivity index (χ4n) is 4.69. The number of nitrogens with one attached hydrogen (secondary N) is 2. The summed E-state index contributed by atoms with van der Waals surface area (Å²) >= 11 is 9.25. The van der Waals surface area contributed by atoms with Gasteiger partial charge in [0.05, 0.1) is 22.9 Å². The number of hydrogen-bond donors (Lipinski definition) is 2. The number of aryl methyl sites for hydroxylation is 2. The van der Waals surface area contributed by atoms with Gasteiger partial charge in [0, 0.05) is 23.8 Å². The third kappa shape index (κ3) is 6.34. The molecule has 1 unspecified atom stereocenters. The van der Waals surface area contributed by atoms with E-state index in [0.29, 0.717) is 28.0 Å². The summed E-state index contributed by atoms with van der Waals surface area (Å²) in [5.74, 6) is 0.0572. The molecule has 0 radical (unpaired) electrons. The van der Waals surface area contributed by atoms with Gasteiger partial charge in [0.15, 0.2) is 10.9 Å². The first kappa shape index (κ1) is 26.2. The molecule has 2 aliphatic rings. The van der Waals surface area contributed by atoms with Crippen LogP contribution in [0.15, 0.2) is 35.6 Å². The zero-order valence-corrected chi connectivity index (χ0v) is 23.0. The van der Waals surface area contributed by atoms with Crippen molar-refractivity contribution in [1.29, 1.82) is 0 Å². The Bertz CT molecular complexity index is 1310. The summed E-state index contributed by atoms with van der Waals surface area (Å²) in [6, 6.07) is 8.23. The Hall–Kier alpha value is -2.46. The van der Waals surface area contributed by atoms with Crippen LogP contribution < -0.4 is 10.6 Å². The van der Waals surface area contributed by atoms with Crippen LogP contribution in [0.1, 0.15) is 68.1 Å². The number of rotatable bonds is 8. The van der Waals surface area contributed by atoms with Crippen LogP contribution in [0.2, 0.25) is 5.02 Å². The third-order valence-corrected chi connectivity index (χ3v) is 8.94. The number of aromatic nitrogens is 2. The van der Waals surface area contributed by atoms with Crippen LogP contribution in [-0.4, -0.2) is 41.0 Å². The van der Waals surface area contributed by atoms with E-state index in [4.69, 9.17) is 16.3 Å². The number of hydrogen-bond acceptors (Lipinski definition) is 7. The van der Waals surface area contributed by atoms with E-state index in [0.717, 1.165) is 61.1 Å². The molecule has 0 bridgehead atoms. The molecule has 1 atom stereocenters. The van der Waals surface area contributed by atoms with Gasteiger partial charge in [0.1, 0.15) is 5.00 Å². The molecule has 1 saturated heterocycles. The number of benzene rings is 1. The molecule has 3 aromatic rings. The molecular formula is C27H29ClN4O3S2. The molecule has 0 saturated carbocycles. The van der Waals surface area contributed by atoms with Crippen molar-refractivity contribution in [3.8, 4) is 0 Å². The number of thioether (sulfide) groups is 1. The smallest absolute Gasteiger partial charge is 0.276 e. The summed E-state index contributed by atoms with van der Waals surface area (Å²) in [5.41, 5.74) is 4.03. The van der Waals surface area contributed by atoms with Crippen molar-refractivity contribution >= 4 is 51.5 Å². The number of thiophene rings is 1. The fourth-order valence-corrected chi connectivity index (χ4v) is 6.90. The minimum Gasteiger partial charge on any atom is -0.376 e. The van der Waals surface area contributed by atoms with Gasteiger partial charge in [0.2, 0.25) is 0 Å². The molecule has 2 N–H and O–H groups in total. The van der Waals surface area contributed by atoms with Crippen LogP contribution in [-0.2, 0) is 23.3 Å². The maximum atomic E-state index is 13.3. The Morgan fingerprint density at radius 3 is 2.89 bits per heavy atom. The Balaban J connectivity index is 1.33. The van der Waals surface area contributed by atoms with E-state index in [2.05, 4.69) is 39.7 Å². The van der Waals surface area contributed by atoms with Gasteiger partial charge in [-0.15, -0.1) is 11.3 Å². The van der Waals surface area contributed by atoms with Gasteiger partial charge in [-0.3, -0.25) is 9.59 Å². The van der Waals surface area contributed by atoms with E-state index >= 15 is 0 Å². The van der Waals surface area contributed by atoms with Gasteiger partial charge < -0.3 is 15.4 Å². The predicted octanol–water partition coefficient (Wildman–Crippen LogP) is 5.83. The molecule has 1 fully saturated rings. The molecule has 37 heavy (non-hydrogen) atoms. The fraction of sp³-hybridized carbons (Fsp3) is 0.407. The molecule has 10 heteroatoms. The normalized spacial score (nSPS) is 16.9. The largest absolute Gasteiger partial charge is 0.376 e. The van der Waals surface area contributed by atoms with E-state index in [-0.39, 0.29) is 22.7 Å². The van der Waals surface area contributed by atoms with Crippen LogP contribution in [0.5, 0.6) is 0 Å². The average molecular weight is 557 g/mol. The van der Waals surface area contributed by atoms with Gasteiger partial charge in [-0.1, -0.05) is 53.2 Å². The van der Waals surface area contributed by atoms with Crippen molar-refractivity contribution in [2.45, 2.75) is 62.5 Å². The summed E-state index contributed by atoms with van der Waals surface area (Å²) in [6.07, 6.45) is 7.32. The monoisotopic (exact) mass is 556 g/mol. The zero-order valence-electron chi connectivity index (χ0n) is 20.6. The van der Waals surface area contributed by atoms with Gasteiger partial charge in [0.25, 0.3) is 11.8 Å². The first-order valence-electron chi connectivity index (χ1n) is 12.5. The quantitative estimate of drug-likeness (QED) is 0.268. The van der Waals surface area contributed by atoms with Crippen LogP contribution in [0, 0.1) is 6.92 Å². The highest BCUT2D eigenvalue weighted by Crippen LogP contribution is 2.38. The van der Waals surface area contributed by atoms with E-state index in [1.54, 1.807) is 0 Å². The highest BCUT2D eigenvalue weighted by atomic mass is 35.5. The van der Waals surface area contributed by atoms with E-state index < -0.39 is 5.91 Å². The van der Waals surface area contributed by atoms with Crippen molar-refractivity contribution in [2.24, 2.45) is 0 Å². The number of anilines is 1. The lowest BCUT2D eigenvalue weighted by Crippen LogP contribution is -2.32. The summed E-state index contributed by atoms with van der Waals surface area (Å²) in [7, 11) is 0. The SMILES string of the molecule is Cc1cccc(CSc2ncc(Cl)c(C(=O)Nc3sc4c(c3C(=O)NCC3CCCO3)CCCC4)n2)c1. The number of carbonyl (C=O) groups excluding carboxylic acids is 2. The first-order valence-corrected chi connectivity index (χ1v) is 14.7. The van der Waals surface area contributed by atoms with Crippen LogP contribution in [0.3, 0.4) is 0 Å². The second kappa shape index (κ2) is 11.9. The molecule has 2 aromatic heterocycles. The topological polar surface area (TPSA) is 93.2 Å². The number of ether oxygens (including phenoxy) is 1. The summed E-state index contributed by atoms with van der Waals surface area (Å²) in [6.45, 7) is 3.26. The summed E-state index contributed by atoms with van der Waals surface area (Å²) in [4.78, 5) is 36.5. The predicted molar refractivity (Wildman–Crippen MR) is 148 cm³/mol. The number of amides is 2. The maximum Gasteiger partial charge on any atom is 0.276 e. The highest BCUT2D eigenvalue weighted by molar-refractivity contribution is 7.98. The maximum absolute atomic E-state index is 13.3. The minimum atomic E-state index is -0.448. The van der Waals surface area contributed by atoms with Crippen LogP contribution >= 0.6 is 34.7 Å². The Kier molecular flexibility index (Phi) is 8.44. The number of carbonyl (C=O) groups is 2. The molecule has 194 valence electrons. The molecular weight excluding hydrogens is 528 g/mol. The van der Waals surface area contributed by atoms with Gasteiger partial charge >= 0.3 is 0 Å². The molecule has 7 nitrogen and oxygen atoms in total. The van der Waals surface area contributed by atoms with Crippen LogP contribution in [0.4, 0.5) is 5.00 Å². The van der Waals surface area contributed by atoms with Crippen molar-refractivity contribution in [3.63, 3.8) is 0 Å². The molecule has 1 aliphatic carbocycles.